The predicted octanol–water partition coefficient (Wildman–Crippen LogP) is -0.722. The Labute approximate surface area is 119 Å². The van der Waals surface area contributed by atoms with Crippen LogP contribution in [-0.4, -0.2) is 51.8 Å². The van der Waals surface area contributed by atoms with Crippen LogP contribution in [0.25, 0.3) is 6.08 Å². The van der Waals surface area contributed by atoms with Gasteiger partial charge in [0, 0.05) is 17.8 Å². The van der Waals surface area contributed by atoms with Crippen molar-refractivity contribution in [3.8, 4) is 0 Å². The normalized spacial score (nSPS) is 15.1. The van der Waals surface area contributed by atoms with Gasteiger partial charge in [0.25, 0.3) is 5.91 Å². The van der Waals surface area contributed by atoms with E-state index in [0.717, 1.165) is 11.0 Å². The molecule has 3 amide bonds. The highest BCUT2D eigenvalue weighted by molar-refractivity contribution is 6.06. The van der Waals surface area contributed by atoms with E-state index in [1.807, 2.05) is 0 Å². The molecule has 0 radical (unpaired) electrons. The number of nitrogens with zero attached hydrogens (tertiary/aromatic N) is 2. The van der Waals surface area contributed by atoms with Gasteiger partial charge >= 0.3 is 5.97 Å². The van der Waals surface area contributed by atoms with Crippen LogP contribution < -0.4 is 5.32 Å². The summed E-state index contributed by atoms with van der Waals surface area (Å²) in [6.45, 7) is -0.494. The fourth-order valence-corrected chi connectivity index (χ4v) is 1.82. The van der Waals surface area contributed by atoms with Gasteiger partial charge in [0.05, 0.1) is 0 Å². The van der Waals surface area contributed by atoms with Crippen LogP contribution in [0, 0.1) is 0 Å². The van der Waals surface area contributed by atoms with Crippen molar-refractivity contribution in [3.05, 3.63) is 35.7 Å². The van der Waals surface area contributed by atoms with Gasteiger partial charge in [-0.25, -0.2) is 4.79 Å². The van der Waals surface area contributed by atoms with Crippen molar-refractivity contribution in [2.45, 2.75) is 0 Å². The Kier molecular flexibility index (Phi) is 4.07. The number of piperazine rings is 1. The molecule has 0 spiro atoms. The summed E-state index contributed by atoms with van der Waals surface area (Å²) in [6.07, 6.45) is 3.48. The summed E-state index contributed by atoms with van der Waals surface area (Å²) in [5.41, 5.74) is 0.279. The second-order valence-electron chi connectivity index (χ2n) is 4.25. The number of hydrogen-bond donors (Lipinski definition) is 2. The average Bonchev–Trinajstić information content (AvgIpc) is 2.43. The lowest BCUT2D eigenvalue weighted by molar-refractivity contribution is -0.135. The lowest BCUT2D eigenvalue weighted by atomic mass is 10.1. The van der Waals surface area contributed by atoms with Gasteiger partial charge in [-0.3, -0.25) is 24.7 Å². The number of nitrogens with one attached hydrogen (secondary N) is 1. The molecule has 0 saturated carbocycles. The molecule has 2 N–H and O–H groups in total. The Balaban J connectivity index is 2.28. The number of amides is 3. The summed E-state index contributed by atoms with van der Waals surface area (Å²) in [5.74, 6) is -2.91. The number of carboxylic acid groups (broad SMARTS) is 1. The molecule has 1 fully saturated rings. The van der Waals surface area contributed by atoms with Crippen molar-refractivity contribution in [1.29, 1.82) is 0 Å². The Morgan fingerprint density at radius 3 is 2.57 bits per heavy atom. The molecule has 2 heterocycles. The Morgan fingerprint density at radius 2 is 1.95 bits per heavy atom. The molecular weight excluding hydrogens is 278 g/mol. The van der Waals surface area contributed by atoms with Crippen molar-refractivity contribution in [2.24, 2.45) is 0 Å². The quantitative estimate of drug-likeness (QED) is 0.560. The highest BCUT2D eigenvalue weighted by Crippen LogP contribution is 2.12. The molecule has 8 nitrogen and oxygen atoms in total. The zero-order chi connectivity index (χ0) is 15.4. The molecule has 0 bridgehead atoms. The fourth-order valence-electron chi connectivity index (χ4n) is 1.82. The van der Waals surface area contributed by atoms with Crippen molar-refractivity contribution in [1.82, 2.24) is 15.2 Å². The van der Waals surface area contributed by atoms with Crippen LogP contribution in [0.4, 0.5) is 0 Å². The molecule has 2 rings (SSSR count). The van der Waals surface area contributed by atoms with E-state index < -0.39 is 23.7 Å². The number of imide groups is 1. The average molecular weight is 289 g/mol. The zero-order valence-corrected chi connectivity index (χ0v) is 10.8. The van der Waals surface area contributed by atoms with Crippen LogP contribution in [0.1, 0.15) is 16.1 Å². The number of carbonyl (C=O) groups is 4. The Hall–Kier alpha value is -3.03. The van der Waals surface area contributed by atoms with E-state index in [2.05, 4.69) is 10.3 Å². The van der Waals surface area contributed by atoms with E-state index >= 15 is 0 Å². The molecule has 0 unspecified atom stereocenters. The zero-order valence-electron chi connectivity index (χ0n) is 10.8. The molecule has 1 aromatic heterocycles. The lowest BCUT2D eigenvalue weighted by Crippen LogP contribution is -2.53. The first kappa shape index (κ1) is 14.4. The lowest BCUT2D eigenvalue weighted by Gasteiger charge is -2.25. The standard InChI is InChI=1S/C13H11N3O5/c17-9-6-16(7-10(18)15-9)13(21)12-8(2-1-5-14-12)3-4-11(19)20/h1-5H,6-7H2,(H,19,20)(H,15,17,18)/b4-3+. The van der Waals surface area contributed by atoms with Gasteiger partial charge in [0.2, 0.25) is 11.8 Å². The minimum absolute atomic E-state index is 0.0162. The second kappa shape index (κ2) is 5.95. The van der Waals surface area contributed by atoms with Crippen LogP contribution >= 0.6 is 0 Å². The molecule has 1 saturated heterocycles. The minimum atomic E-state index is -1.16. The first-order valence-electron chi connectivity index (χ1n) is 5.95. The SMILES string of the molecule is O=C(O)/C=C/c1cccnc1C(=O)N1CC(=O)NC(=O)C1. The molecule has 108 valence electrons. The van der Waals surface area contributed by atoms with E-state index in [-0.39, 0.29) is 18.8 Å². The smallest absolute Gasteiger partial charge is 0.328 e. The number of carboxylic acids is 1. The molecule has 21 heavy (non-hydrogen) atoms. The minimum Gasteiger partial charge on any atom is -0.478 e. The van der Waals surface area contributed by atoms with Crippen molar-refractivity contribution in [3.63, 3.8) is 0 Å². The van der Waals surface area contributed by atoms with Crippen LogP contribution in [0.15, 0.2) is 24.4 Å². The van der Waals surface area contributed by atoms with E-state index in [9.17, 15) is 19.2 Å². The summed E-state index contributed by atoms with van der Waals surface area (Å²) in [7, 11) is 0. The maximum atomic E-state index is 12.3. The maximum absolute atomic E-state index is 12.3. The van der Waals surface area contributed by atoms with Crippen LogP contribution in [0.5, 0.6) is 0 Å². The Bertz CT molecular complexity index is 637. The van der Waals surface area contributed by atoms with Gasteiger partial charge in [-0.05, 0) is 12.1 Å². The largest absolute Gasteiger partial charge is 0.478 e. The number of aromatic nitrogens is 1. The topological polar surface area (TPSA) is 117 Å². The van der Waals surface area contributed by atoms with Gasteiger partial charge in [-0.1, -0.05) is 6.07 Å². The van der Waals surface area contributed by atoms with Crippen LogP contribution in [0.3, 0.4) is 0 Å². The molecule has 0 aromatic carbocycles. The third-order valence-electron chi connectivity index (χ3n) is 2.68. The number of rotatable bonds is 3. The molecule has 0 atom stereocenters. The van der Waals surface area contributed by atoms with Gasteiger partial charge in [0.15, 0.2) is 0 Å². The van der Waals surface area contributed by atoms with Crippen molar-refractivity contribution < 1.29 is 24.3 Å². The first-order valence-corrected chi connectivity index (χ1v) is 5.95. The maximum Gasteiger partial charge on any atom is 0.328 e. The molecular formula is C13H11N3O5. The van der Waals surface area contributed by atoms with E-state index in [4.69, 9.17) is 5.11 Å². The first-order chi connectivity index (χ1) is 9.97. The summed E-state index contributed by atoms with van der Waals surface area (Å²) in [4.78, 5) is 50.4. The summed E-state index contributed by atoms with van der Waals surface area (Å²) < 4.78 is 0. The van der Waals surface area contributed by atoms with Gasteiger partial charge < -0.3 is 10.0 Å². The monoisotopic (exact) mass is 289 g/mol. The number of aliphatic carboxylic acids is 1. The van der Waals surface area contributed by atoms with E-state index in [1.165, 1.54) is 18.3 Å². The number of hydrogen-bond acceptors (Lipinski definition) is 5. The van der Waals surface area contributed by atoms with Gasteiger partial charge in [0.1, 0.15) is 18.8 Å². The van der Waals surface area contributed by atoms with E-state index in [0.29, 0.717) is 5.56 Å². The van der Waals surface area contributed by atoms with Crippen LogP contribution in [0.2, 0.25) is 0 Å². The van der Waals surface area contributed by atoms with Crippen molar-refractivity contribution >= 4 is 29.8 Å². The Morgan fingerprint density at radius 1 is 1.29 bits per heavy atom. The molecule has 0 aliphatic carbocycles. The molecule has 1 aliphatic rings. The van der Waals surface area contributed by atoms with Crippen LogP contribution in [-0.2, 0) is 14.4 Å². The molecule has 8 heteroatoms. The number of carbonyl (C=O) groups excluding carboxylic acids is 3. The highest BCUT2D eigenvalue weighted by atomic mass is 16.4. The number of pyridine rings is 1. The molecule has 1 aliphatic heterocycles. The predicted molar refractivity (Wildman–Crippen MR) is 70.0 cm³/mol. The van der Waals surface area contributed by atoms with Gasteiger partial charge in [-0.2, -0.15) is 0 Å². The highest BCUT2D eigenvalue weighted by Gasteiger charge is 2.28. The summed E-state index contributed by atoms with van der Waals surface area (Å²) >= 11 is 0. The summed E-state index contributed by atoms with van der Waals surface area (Å²) in [5, 5.41) is 10.7. The third-order valence-corrected chi connectivity index (χ3v) is 2.68. The fraction of sp³-hybridized carbons (Fsp3) is 0.154. The second-order valence-corrected chi connectivity index (χ2v) is 4.25. The summed E-state index contributed by atoms with van der Waals surface area (Å²) in [6, 6.07) is 3.07. The third kappa shape index (κ3) is 3.50. The van der Waals surface area contributed by atoms with Gasteiger partial charge in [-0.15, -0.1) is 0 Å². The van der Waals surface area contributed by atoms with E-state index in [1.54, 1.807) is 6.07 Å². The van der Waals surface area contributed by atoms with Crippen molar-refractivity contribution in [2.75, 3.05) is 13.1 Å². The molecule has 1 aromatic rings.